The molecule has 2 heterocycles. The lowest BCUT2D eigenvalue weighted by Crippen LogP contribution is -2.16. The molecule has 4 aromatic rings. The lowest BCUT2D eigenvalue weighted by atomic mass is 10.0. The van der Waals surface area contributed by atoms with E-state index in [1.807, 2.05) is 43.3 Å². The van der Waals surface area contributed by atoms with Gasteiger partial charge < -0.3 is 10.2 Å². The van der Waals surface area contributed by atoms with Crippen LogP contribution in [0.15, 0.2) is 79.3 Å². The first-order valence-electron chi connectivity index (χ1n) is 10.7. The number of alkyl halides is 3. The largest absolute Gasteiger partial charge is 0.416 e. The van der Waals surface area contributed by atoms with E-state index in [9.17, 15) is 18.0 Å². The molecule has 0 saturated carbocycles. The van der Waals surface area contributed by atoms with E-state index in [-0.39, 0.29) is 29.4 Å². The number of aromatic nitrogens is 3. The van der Waals surface area contributed by atoms with Crippen molar-refractivity contribution in [2.75, 3.05) is 24.3 Å². The highest BCUT2D eigenvalue weighted by Crippen LogP contribution is 2.34. The predicted molar refractivity (Wildman–Crippen MR) is 129 cm³/mol. The minimum Gasteiger partial charge on any atom is -0.378 e. The molecule has 1 N–H and O–H groups in total. The molecule has 178 valence electrons. The van der Waals surface area contributed by atoms with Crippen molar-refractivity contribution >= 4 is 17.4 Å². The van der Waals surface area contributed by atoms with Crippen LogP contribution in [0, 0.1) is 0 Å². The van der Waals surface area contributed by atoms with E-state index in [4.69, 9.17) is 0 Å². The van der Waals surface area contributed by atoms with Crippen molar-refractivity contribution in [3.63, 3.8) is 0 Å². The highest BCUT2D eigenvalue weighted by Gasteiger charge is 2.30. The Hall–Kier alpha value is -4.27. The van der Waals surface area contributed by atoms with Crippen molar-refractivity contribution in [2.24, 2.45) is 0 Å². The maximum absolute atomic E-state index is 13.3. The van der Waals surface area contributed by atoms with Crippen molar-refractivity contribution in [3.8, 4) is 22.5 Å². The summed E-state index contributed by atoms with van der Waals surface area (Å²) in [6.07, 6.45) is 0.0964. The van der Waals surface area contributed by atoms with Gasteiger partial charge >= 0.3 is 6.18 Å². The first-order valence-corrected chi connectivity index (χ1v) is 10.7. The molecule has 0 aliphatic heterocycles. The Kier molecular flexibility index (Phi) is 6.77. The number of hydrogen-bond acceptors (Lipinski definition) is 5. The zero-order chi connectivity index (χ0) is 25.0. The summed E-state index contributed by atoms with van der Waals surface area (Å²) in [6, 6.07) is 15.9. The van der Waals surface area contributed by atoms with Crippen molar-refractivity contribution in [2.45, 2.75) is 12.6 Å². The number of benzene rings is 2. The monoisotopic (exact) mass is 477 g/mol. The van der Waals surface area contributed by atoms with E-state index in [0.29, 0.717) is 11.3 Å². The normalized spacial score (nSPS) is 11.2. The fourth-order valence-electron chi connectivity index (χ4n) is 3.49. The summed E-state index contributed by atoms with van der Waals surface area (Å²) in [4.78, 5) is 27.5. The Morgan fingerprint density at radius 1 is 0.943 bits per heavy atom. The van der Waals surface area contributed by atoms with E-state index in [0.717, 1.165) is 23.4 Å². The van der Waals surface area contributed by atoms with Crippen LogP contribution in [0.4, 0.5) is 24.7 Å². The standard InChI is InChI=1S/C26H22F3N5O/c1-34(2)21-10-8-17(9-11-21)13-23(35)32-22-16-31-24(25(33-22)19-6-4-12-30-15-19)18-5-3-7-20(14-18)26(27,28)29/h3-12,14-16H,13H2,1-2H3,(H,32,33,35). The molecule has 0 saturated heterocycles. The van der Waals surface area contributed by atoms with Crippen LogP contribution >= 0.6 is 0 Å². The van der Waals surface area contributed by atoms with Crippen LogP contribution in [0.2, 0.25) is 0 Å². The summed E-state index contributed by atoms with van der Waals surface area (Å²) >= 11 is 0. The Balaban J connectivity index is 1.63. The topological polar surface area (TPSA) is 71.0 Å². The van der Waals surface area contributed by atoms with Crippen LogP contribution in [-0.2, 0) is 17.4 Å². The quantitative estimate of drug-likeness (QED) is 0.399. The molecule has 1 amide bonds. The zero-order valence-corrected chi connectivity index (χ0v) is 19.0. The van der Waals surface area contributed by atoms with Gasteiger partial charge in [-0.05, 0) is 42.0 Å². The van der Waals surface area contributed by atoms with Gasteiger partial charge in [-0.15, -0.1) is 0 Å². The summed E-state index contributed by atoms with van der Waals surface area (Å²) in [6.45, 7) is 0. The number of carbonyl (C=O) groups excluding carboxylic acids is 1. The number of carbonyl (C=O) groups is 1. The summed E-state index contributed by atoms with van der Waals surface area (Å²) in [5.41, 5.74) is 2.44. The minimum absolute atomic E-state index is 0.132. The lowest BCUT2D eigenvalue weighted by Gasteiger charge is -2.14. The van der Waals surface area contributed by atoms with Gasteiger partial charge in [-0.25, -0.2) is 4.98 Å². The first-order chi connectivity index (χ1) is 16.7. The lowest BCUT2D eigenvalue weighted by molar-refractivity contribution is -0.137. The van der Waals surface area contributed by atoms with Crippen molar-refractivity contribution in [1.29, 1.82) is 0 Å². The van der Waals surface area contributed by atoms with Crippen LogP contribution in [0.3, 0.4) is 0 Å². The zero-order valence-electron chi connectivity index (χ0n) is 19.0. The van der Waals surface area contributed by atoms with Crippen molar-refractivity contribution in [3.05, 3.63) is 90.4 Å². The van der Waals surface area contributed by atoms with Crippen LogP contribution in [0.25, 0.3) is 22.5 Å². The molecular formula is C26H22F3N5O. The molecule has 0 unspecified atom stereocenters. The number of pyridine rings is 1. The second-order valence-electron chi connectivity index (χ2n) is 8.06. The molecular weight excluding hydrogens is 455 g/mol. The number of anilines is 2. The Morgan fingerprint density at radius 3 is 2.34 bits per heavy atom. The van der Waals surface area contributed by atoms with Crippen LogP contribution in [0.1, 0.15) is 11.1 Å². The summed E-state index contributed by atoms with van der Waals surface area (Å²) in [7, 11) is 3.87. The number of rotatable bonds is 6. The third-order valence-electron chi connectivity index (χ3n) is 5.26. The van der Waals surface area contributed by atoms with E-state index in [2.05, 4.69) is 20.3 Å². The van der Waals surface area contributed by atoms with Gasteiger partial charge in [-0.3, -0.25) is 14.8 Å². The molecule has 0 radical (unpaired) electrons. The second-order valence-corrected chi connectivity index (χ2v) is 8.06. The number of hydrogen-bond donors (Lipinski definition) is 1. The molecule has 0 aliphatic carbocycles. The average Bonchev–Trinajstić information content (AvgIpc) is 2.84. The van der Waals surface area contributed by atoms with Crippen LogP contribution in [-0.4, -0.2) is 35.0 Å². The SMILES string of the molecule is CN(C)c1ccc(CC(=O)Nc2cnc(-c3cccc(C(F)(F)F)c3)c(-c3cccnc3)n2)cc1. The molecule has 0 spiro atoms. The van der Waals surface area contributed by atoms with Gasteiger partial charge in [0.2, 0.25) is 5.91 Å². The molecule has 35 heavy (non-hydrogen) atoms. The van der Waals surface area contributed by atoms with Crippen molar-refractivity contribution in [1.82, 2.24) is 15.0 Å². The van der Waals surface area contributed by atoms with Gasteiger partial charge in [0.05, 0.1) is 23.9 Å². The van der Waals surface area contributed by atoms with E-state index < -0.39 is 11.7 Å². The van der Waals surface area contributed by atoms with Gasteiger partial charge in [-0.1, -0.05) is 24.3 Å². The number of halogens is 3. The molecule has 2 aromatic heterocycles. The highest BCUT2D eigenvalue weighted by molar-refractivity contribution is 5.92. The van der Waals surface area contributed by atoms with E-state index in [1.165, 1.54) is 18.3 Å². The third-order valence-corrected chi connectivity index (χ3v) is 5.26. The van der Waals surface area contributed by atoms with Crippen LogP contribution < -0.4 is 10.2 Å². The minimum atomic E-state index is -4.49. The molecule has 4 rings (SSSR count). The number of nitrogens with one attached hydrogen (secondary N) is 1. The molecule has 0 aliphatic rings. The summed E-state index contributed by atoms with van der Waals surface area (Å²) < 4.78 is 39.8. The first kappa shape index (κ1) is 23.9. The van der Waals surface area contributed by atoms with Crippen molar-refractivity contribution < 1.29 is 18.0 Å². The van der Waals surface area contributed by atoms with Gasteiger partial charge in [0.25, 0.3) is 0 Å². The smallest absolute Gasteiger partial charge is 0.378 e. The van der Waals surface area contributed by atoms with Gasteiger partial charge in [-0.2, -0.15) is 13.2 Å². The Labute approximate surface area is 200 Å². The molecule has 9 heteroatoms. The predicted octanol–water partition coefficient (Wildman–Crippen LogP) is 5.47. The second kappa shape index (κ2) is 9.92. The summed E-state index contributed by atoms with van der Waals surface area (Å²) in [5.74, 6) is -0.102. The highest BCUT2D eigenvalue weighted by atomic mass is 19.4. The number of nitrogens with zero attached hydrogens (tertiary/aromatic N) is 4. The molecule has 0 fully saturated rings. The fraction of sp³-hybridized carbons (Fsp3) is 0.154. The fourth-order valence-corrected chi connectivity index (χ4v) is 3.49. The maximum atomic E-state index is 13.3. The number of amides is 1. The van der Waals surface area contributed by atoms with Gasteiger partial charge in [0, 0.05) is 43.3 Å². The van der Waals surface area contributed by atoms with E-state index in [1.54, 1.807) is 24.5 Å². The Morgan fingerprint density at radius 2 is 1.69 bits per heavy atom. The van der Waals surface area contributed by atoms with Crippen LogP contribution in [0.5, 0.6) is 0 Å². The molecule has 6 nitrogen and oxygen atoms in total. The summed E-state index contributed by atoms with van der Waals surface area (Å²) in [5, 5.41) is 2.73. The Bertz CT molecular complexity index is 1320. The molecule has 0 bridgehead atoms. The van der Waals surface area contributed by atoms with E-state index >= 15 is 0 Å². The van der Waals surface area contributed by atoms with Gasteiger partial charge in [0.1, 0.15) is 5.69 Å². The average molecular weight is 477 g/mol. The molecule has 0 atom stereocenters. The maximum Gasteiger partial charge on any atom is 0.416 e. The molecule has 2 aromatic carbocycles. The third kappa shape index (κ3) is 5.81. The van der Waals surface area contributed by atoms with Gasteiger partial charge in [0.15, 0.2) is 5.82 Å².